The fourth-order valence-corrected chi connectivity index (χ4v) is 2.48. The lowest BCUT2D eigenvalue weighted by Gasteiger charge is -2.36. The third-order valence-electron chi connectivity index (χ3n) is 3.16. The van der Waals surface area contributed by atoms with E-state index in [4.69, 9.17) is 17.3 Å². The van der Waals surface area contributed by atoms with Crippen LogP contribution in [0.1, 0.15) is 18.0 Å². The van der Waals surface area contributed by atoms with Crippen molar-refractivity contribution in [1.29, 1.82) is 0 Å². The van der Waals surface area contributed by atoms with Gasteiger partial charge in [0.1, 0.15) is 0 Å². The van der Waals surface area contributed by atoms with E-state index in [0.717, 1.165) is 25.2 Å². The third kappa shape index (κ3) is 3.02. The molecule has 0 spiro atoms. The maximum Gasteiger partial charge on any atom is 0.224 e. The van der Waals surface area contributed by atoms with Crippen molar-refractivity contribution in [3.05, 3.63) is 34.9 Å². The average molecular weight is 268 g/mol. The molecule has 3 N–H and O–H groups in total. The molecule has 0 aromatic heterocycles. The van der Waals surface area contributed by atoms with Crippen molar-refractivity contribution in [2.24, 2.45) is 5.73 Å². The molecule has 18 heavy (non-hydrogen) atoms. The minimum atomic E-state index is 0.0523. The first-order chi connectivity index (χ1) is 8.72. The van der Waals surface area contributed by atoms with Crippen molar-refractivity contribution in [2.75, 3.05) is 26.2 Å². The Morgan fingerprint density at radius 3 is 3.11 bits per heavy atom. The molecule has 4 nitrogen and oxygen atoms in total. The van der Waals surface area contributed by atoms with Crippen LogP contribution in [0.4, 0.5) is 0 Å². The van der Waals surface area contributed by atoms with Crippen molar-refractivity contribution in [2.45, 2.75) is 12.5 Å². The van der Waals surface area contributed by atoms with Gasteiger partial charge in [0.25, 0.3) is 0 Å². The summed E-state index contributed by atoms with van der Waals surface area (Å²) in [6.07, 6.45) is 0.400. The fraction of sp³-hybridized carbons (Fsp3) is 0.462. The van der Waals surface area contributed by atoms with Crippen molar-refractivity contribution in [3.63, 3.8) is 0 Å². The number of amides is 1. The summed E-state index contributed by atoms with van der Waals surface area (Å²) in [5.74, 6) is 0.115. The Labute approximate surface area is 112 Å². The van der Waals surface area contributed by atoms with Gasteiger partial charge in [0, 0.05) is 37.6 Å². The number of rotatable bonds is 3. The van der Waals surface area contributed by atoms with E-state index >= 15 is 0 Å². The molecule has 1 aliphatic heterocycles. The number of nitrogens with two attached hydrogens (primary N) is 1. The second-order valence-electron chi connectivity index (χ2n) is 4.40. The van der Waals surface area contributed by atoms with E-state index in [0.29, 0.717) is 18.0 Å². The van der Waals surface area contributed by atoms with Gasteiger partial charge in [0.05, 0.1) is 6.04 Å². The summed E-state index contributed by atoms with van der Waals surface area (Å²) in [5, 5.41) is 4.01. The Bertz CT molecular complexity index is 424. The van der Waals surface area contributed by atoms with Crippen LogP contribution in [0, 0.1) is 0 Å². The molecule has 0 bridgehead atoms. The quantitative estimate of drug-likeness (QED) is 0.864. The van der Waals surface area contributed by atoms with Gasteiger partial charge in [-0.2, -0.15) is 0 Å². The smallest absolute Gasteiger partial charge is 0.224 e. The maximum atomic E-state index is 12.1. The molecule has 2 rings (SSSR count). The zero-order chi connectivity index (χ0) is 13.0. The normalized spacial score (nSPS) is 19.9. The van der Waals surface area contributed by atoms with Crippen LogP contribution in [0.2, 0.25) is 5.02 Å². The Morgan fingerprint density at radius 1 is 1.56 bits per heavy atom. The second-order valence-corrected chi connectivity index (χ2v) is 4.84. The number of piperazine rings is 1. The first-order valence-electron chi connectivity index (χ1n) is 6.18. The monoisotopic (exact) mass is 267 g/mol. The van der Waals surface area contributed by atoms with E-state index in [2.05, 4.69) is 5.32 Å². The number of carbonyl (C=O) groups excluding carboxylic acids is 1. The zero-order valence-corrected chi connectivity index (χ0v) is 11.0. The van der Waals surface area contributed by atoms with Crippen molar-refractivity contribution in [3.8, 4) is 0 Å². The Hall–Kier alpha value is -1.10. The summed E-state index contributed by atoms with van der Waals surface area (Å²) in [7, 11) is 0. The van der Waals surface area contributed by atoms with Gasteiger partial charge in [-0.25, -0.2) is 0 Å². The highest BCUT2D eigenvalue weighted by Gasteiger charge is 2.27. The molecule has 1 aromatic carbocycles. The molecule has 1 saturated heterocycles. The number of benzene rings is 1. The topological polar surface area (TPSA) is 58.4 Å². The molecule has 1 heterocycles. The number of carbonyl (C=O) groups is 1. The Balaban J connectivity index is 2.20. The van der Waals surface area contributed by atoms with Crippen molar-refractivity contribution >= 4 is 17.5 Å². The minimum Gasteiger partial charge on any atom is -0.333 e. The number of nitrogens with zero attached hydrogens (tertiary/aromatic N) is 1. The average Bonchev–Trinajstić information content (AvgIpc) is 2.39. The van der Waals surface area contributed by atoms with Crippen LogP contribution >= 0.6 is 11.6 Å². The molecule has 1 atom stereocenters. The second kappa shape index (κ2) is 6.18. The van der Waals surface area contributed by atoms with Crippen LogP contribution in [0.15, 0.2) is 24.3 Å². The van der Waals surface area contributed by atoms with Crippen LogP contribution < -0.4 is 11.1 Å². The van der Waals surface area contributed by atoms with Crippen LogP contribution in [-0.4, -0.2) is 37.0 Å². The van der Waals surface area contributed by atoms with E-state index in [-0.39, 0.29) is 11.9 Å². The SMILES string of the molecule is NCCC(=O)N1CCNCC1c1cccc(Cl)c1. The highest BCUT2D eigenvalue weighted by molar-refractivity contribution is 6.30. The van der Waals surface area contributed by atoms with E-state index < -0.39 is 0 Å². The molecule has 1 unspecified atom stereocenters. The molecule has 1 fully saturated rings. The molecular weight excluding hydrogens is 250 g/mol. The Kier molecular flexibility index (Phi) is 4.58. The molecule has 98 valence electrons. The van der Waals surface area contributed by atoms with E-state index in [1.807, 2.05) is 29.2 Å². The van der Waals surface area contributed by atoms with Gasteiger partial charge in [0.2, 0.25) is 5.91 Å². The minimum absolute atomic E-state index is 0.0523. The lowest BCUT2D eigenvalue weighted by Crippen LogP contribution is -2.49. The number of hydrogen-bond donors (Lipinski definition) is 2. The highest BCUT2D eigenvalue weighted by Crippen LogP contribution is 2.25. The van der Waals surface area contributed by atoms with E-state index in [9.17, 15) is 4.79 Å². The predicted octanol–water partition coefficient (Wildman–Crippen LogP) is 1.16. The van der Waals surface area contributed by atoms with Gasteiger partial charge < -0.3 is 16.0 Å². The van der Waals surface area contributed by atoms with E-state index in [1.54, 1.807) is 0 Å². The molecule has 0 radical (unpaired) electrons. The number of halogens is 1. The highest BCUT2D eigenvalue weighted by atomic mass is 35.5. The maximum absolute atomic E-state index is 12.1. The molecule has 5 heteroatoms. The predicted molar refractivity (Wildman–Crippen MR) is 72.4 cm³/mol. The van der Waals surface area contributed by atoms with Gasteiger partial charge in [-0.3, -0.25) is 4.79 Å². The largest absolute Gasteiger partial charge is 0.333 e. The lowest BCUT2D eigenvalue weighted by atomic mass is 10.0. The summed E-state index contributed by atoms with van der Waals surface area (Å²) in [4.78, 5) is 13.9. The van der Waals surface area contributed by atoms with Gasteiger partial charge >= 0.3 is 0 Å². The summed E-state index contributed by atoms with van der Waals surface area (Å²) in [6, 6.07) is 7.73. The molecule has 1 amide bonds. The summed E-state index contributed by atoms with van der Waals surface area (Å²) >= 11 is 6.01. The molecule has 0 saturated carbocycles. The van der Waals surface area contributed by atoms with Gasteiger partial charge in [-0.15, -0.1) is 0 Å². The number of hydrogen-bond acceptors (Lipinski definition) is 3. The standard InChI is InChI=1S/C13H18ClN3O/c14-11-3-1-2-10(8-11)12-9-16-6-7-17(12)13(18)4-5-15/h1-3,8,12,16H,4-7,9,15H2. The fourth-order valence-electron chi connectivity index (χ4n) is 2.28. The summed E-state index contributed by atoms with van der Waals surface area (Å²) in [6.45, 7) is 2.70. The Morgan fingerprint density at radius 2 is 2.39 bits per heavy atom. The van der Waals surface area contributed by atoms with E-state index in [1.165, 1.54) is 0 Å². The van der Waals surface area contributed by atoms with Crippen LogP contribution in [0.3, 0.4) is 0 Å². The zero-order valence-electron chi connectivity index (χ0n) is 10.2. The van der Waals surface area contributed by atoms with Gasteiger partial charge in [-0.1, -0.05) is 23.7 Å². The summed E-state index contributed by atoms with van der Waals surface area (Å²) < 4.78 is 0. The van der Waals surface area contributed by atoms with Crippen molar-refractivity contribution in [1.82, 2.24) is 10.2 Å². The van der Waals surface area contributed by atoms with Crippen LogP contribution in [-0.2, 0) is 4.79 Å². The lowest BCUT2D eigenvalue weighted by molar-refractivity contribution is -0.134. The van der Waals surface area contributed by atoms with Crippen LogP contribution in [0.25, 0.3) is 0 Å². The third-order valence-corrected chi connectivity index (χ3v) is 3.39. The first-order valence-corrected chi connectivity index (χ1v) is 6.56. The molecule has 1 aromatic rings. The molecule has 0 aliphatic carbocycles. The van der Waals surface area contributed by atoms with Gasteiger partial charge in [0.15, 0.2) is 0 Å². The van der Waals surface area contributed by atoms with Crippen LogP contribution in [0.5, 0.6) is 0 Å². The molecular formula is C13H18ClN3O. The molecule has 1 aliphatic rings. The van der Waals surface area contributed by atoms with Crippen molar-refractivity contribution < 1.29 is 4.79 Å². The number of nitrogens with one attached hydrogen (secondary N) is 1. The first kappa shape index (κ1) is 13.3. The summed E-state index contributed by atoms with van der Waals surface area (Å²) in [5.41, 5.74) is 6.53. The van der Waals surface area contributed by atoms with Gasteiger partial charge in [-0.05, 0) is 17.7 Å².